The monoisotopic (exact) mass is 752 g/mol. The number of phosphoric acid groups is 1. The van der Waals surface area contributed by atoms with Gasteiger partial charge in [0, 0.05) is 19.4 Å². The highest BCUT2D eigenvalue weighted by atomic mass is 31.2. The zero-order valence-corrected chi connectivity index (χ0v) is 33.5. The Balaban J connectivity index is 4.33. The average molecular weight is 752 g/mol. The van der Waals surface area contributed by atoms with Crippen molar-refractivity contribution in [3.8, 4) is 0 Å². The van der Waals surface area contributed by atoms with Gasteiger partial charge in [0.05, 0.1) is 25.4 Å². The molecule has 0 aromatic heterocycles. The molecule has 0 saturated heterocycles. The molecule has 51 heavy (non-hydrogen) atoms. The van der Waals surface area contributed by atoms with Crippen molar-refractivity contribution in [2.45, 2.75) is 212 Å². The number of carbonyl (C=O) groups is 2. The predicted molar refractivity (Wildman–Crippen MR) is 204 cm³/mol. The van der Waals surface area contributed by atoms with Crippen LogP contribution in [-0.2, 0) is 32.7 Å². The van der Waals surface area contributed by atoms with E-state index in [-0.39, 0.29) is 32.6 Å². The fourth-order valence-electron chi connectivity index (χ4n) is 5.96. The van der Waals surface area contributed by atoms with Crippen molar-refractivity contribution >= 4 is 19.8 Å². The zero-order valence-electron chi connectivity index (χ0n) is 32.6. The van der Waals surface area contributed by atoms with Gasteiger partial charge in [0.25, 0.3) is 0 Å². The van der Waals surface area contributed by atoms with Crippen LogP contribution < -0.4 is 5.73 Å². The Bertz CT molecular complexity index is 849. The lowest BCUT2D eigenvalue weighted by atomic mass is 10.00. The van der Waals surface area contributed by atoms with Crippen LogP contribution in [0.15, 0.2) is 0 Å². The molecule has 11 nitrogen and oxygen atoms in total. The number of ether oxygens (including phenoxy) is 2. The van der Waals surface area contributed by atoms with Crippen LogP contribution in [0.25, 0.3) is 0 Å². The Kier molecular flexibility index (Phi) is 35.2. The maximum atomic E-state index is 12.6. The summed E-state index contributed by atoms with van der Waals surface area (Å²) in [5.41, 5.74) is 5.32. The minimum Gasteiger partial charge on any atom is -0.462 e. The third-order valence-corrected chi connectivity index (χ3v) is 10.2. The third-order valence-electron chi connectivity index (χ3n) is 9.19. The van der Waals surface area contributed by atoms with E-state index in [2.05, 4.69) is 13.8 Å². The zero-order chi connectivity index (χ0) is 37.8. The lowest BCUT2D eigenvalue weighted by molar-refractivity contribution is -0.161. The van der Waals surface area contributed by atoms with Crippen LogP contribution in [0.1, 0.15) is 194 Å². The summed E-state index contributed by atoms with van der Waals surface area (Å²) in [5, 5.41) is 20.7. The fraction of sp³-hybridized carbons (Fsp3) is 0.949. The lowest BCUT2D eigenvalue weighted by Crippen LogP contribution is -2.29. The number of unbranched alkanes of at least 4 members (excludes halogenated alkanes) is 21. The van der Waals surface area contributed by atoms with Crippen molar-refractivity contribution in [2.24, 2.45) is 5.73 Å². The van der Waals surface area contributed by atoms with E-state index >= 15 is 0 Å². The van der Waals surface area contributed by atoms with E-state index in [9.17, 15) is 29.3 Å². The second-order valence-corrected chi connectivity index (χ2v) is 15.6. The molecule has 0 aromatic carbocycles. The summed E-state index contributed by atoms with van der Waals surface area (Å²) in [7, 11) is -4.43. The Morgan fingerprint density at radius 1 is 0.569 bits per heavy atom. The second-order valence-electron chi connectivity index (χ2n) is 14.2. The smallest absolute Gasteiger partial charge is 0.462 e. The largest absolute Gasteiger partial charge is 0.472 e. The number of aliphatic hydroxyl groups is 2. The Hall–Kier alpha value is -1.07. The van der Waals surface area contributed by atoms with E-state index in [4.69, 9.17) is 24.3 Å². The van der Waals surface area contributed by atoms with Crippen molar-refractivity contribution in [3.05, 3.63) is 0 Å². The van der Waals surface area contributed by atoms with E-state index in [0.29, 0.717) is 32.1 Å². The second kappa shape index (κ2) is 35.9. The number of phosphoric ester groups is 1. The average Bonchev–Trinajstić information content (AvgIpc) is 3.11. The minimum absolute atomic E-state index is 0.0219. The summed E-state index contributed by atoms with van der Waals surface area (Å²) in [6.45, 7) is 3.47. The molecule has 0 aliphatic rings. The fourth-order valence-corrected chi connectivity index (χ4v) is 6.73. The molecule has 0 aromatic rings. The molecule has 0 fully saturated rings. The van der Waals surface area contributed by atoms with Crippen LogP contribution in [0.3, 0.4) is 0 Å². The molecule has 304 valence electrons. The van der Waals surface area contributed by atoms with Crippen molar-refractivity contribution < 1.29 is 47.8 Å². The van der Waals surface area contributed by atoms with Crippen LogP contribution >= 0.6 is 7.82 Å². The first-order valence-electron chi connectivity index (χ1n) is 20.7. The normalized spacial score (nSPS) is 14.5. The van der Waals surface area contributed by atoms with Gasteiger partial charge in [-0.2, -0.15) is 0 Å². The van der Waals surface area contributed by atoms with Crippen LogP contribution in [0.4, 0.5) is 0 Å². The Morgan fingerprint density at radius 2 is 0.961 bits per heavy atom. The van der Waals surface area contributed by atoms with E-state index in [0.717, 1.165) is 38.5 Å². The summed E-state index contributed by atoms with van der Waals surface area (Å²) in [6.07, 6.45) is 25.7. The molecule has 0 heterocycles. The summed E-state index contributed by atoms with van der Waals surface area (Å²) < 4.78 is 32.6. The number of esters is 2. The minimum atomic E-state index is -4.43. The number of nitrogens with two attached hydrogens (primary N) is 1. The summed E-state index contributed by atoms with van der Waals surface area (Å²) in [6, 6.07) is 0. The van der Waals surface area contributed by atoms with E-state index in [1.807, 2.05) is 0 Å². The Labute approximate surface area is 311 Å². The van der Waals surface area contributed by atoms with E-state index in [1.54, 1.807) is 0 Å². The van der Waals surface area contributed by atoms with Gasteiger partial charge in [-0.3, -0.25) is 18.6 Å². The first kappa shape index (κ1) is 49.9. The maximum Gasteiger partial charge on any atom is 0.472 e. The molecular weight excluding hydrogens is 673 g/mol. The maximum absolute atomic E-state index is 12.6. The molecule has 0 amide bonds. The van der Waals surface area contributed by atoms with Gasteiger partial charge >= 0.3 is 19.8 Å². The SMILES string of the molecule is CCCCCCCCCCCCCCCC(=O)OC[C@H](COP(=O)(O)OCCN)OC(=O)CCCCC(O)C(O)CCCCCCCCCCC. The molecule has 12 heteroatoms. The summed E-state index contributed by atoms with van der Waals surface area (Å²) >= 11 is 0. The van der Waals surface area contributed by atoms with Crippen LogP contribution in [0.2, 0.25) is 0 Å². The van der Waals surface area contributed by atoms with Crippen LogP contribution in [-0.4, -0.2) is 71.7 Å². The highest BCUT2D eigenvalue weighted by Gasteiger charge is 2.26. The van der Waals surface area contributed by atoms with Gasteiger partial charge in [0.15, 0.2) is 6.10 Å². The topological polar surface area (TPSA) is 175 Å². The van der Waals surface area contributed by atoms with Gasteiger partial charge in [-0.25, -0.2) is 4.57 Å². The molecule has 4 atom stereocenters. The number of carbonyl (C=O) groups excluding carboxylic acids is 2. The predicted octanol–water partition coefficient (Wildman–Crippen LogP) is 9.22. The number of aliphatic hydroxyl groups excluding tert-OH is 2. The van der Waals surface area contributed by atoms with Gasteiger partial charge in [-0.1, -0.05) is 155 Å². The van der Waals surface area contributed by atoms with Crippen molar-refractivity contribution in [3.63, 3.8) is 0 Å². The van der Waals surface area contributed by atoms with Crippen molar-refractivity contribution in [2.75, 3.05) is 26.4 Å². The number of hydrogen-bond acceptors (Lipinski definition) is 10. The highest BCUT2D eigenvalue weighted by Crippen LogP contribution is 2.43. The quantitative estimate of drug-likeness (QED) is 0.0268. The lowest BCUT2D eigenvalue weighted by Gasteiger charge is -2.20. The molecule has 0 spiro atoms. The standard InChI is InChI=1S/C39H78NO10P/c1-3-5-7-9-11-13-14-15-16-18-20-22-24-29-38(43)47-33-35(34-49-51(45,46)48-32-31-40)50-39(44)30-26-25-28-37(42)36(41)27-23-21-19-17-12-10-8-6-4-2/h35-37,41-42H,3-34,40H2,1-2H3,(H,45,46)/t35-,36?,37?/m1/s1. The molecular formula is C39H78NO10P. The Morgan fingerprint density at radius 3 is 1.43 bits per heavy atom. The van der Waals surface area contributed by atoms with Gasteiger partial charge < -0.3 is 30.3 Å². The van der Waals surface area contributed by atoms with Gasteiger partial charge in [-0.05, 0) is 25.7 Å². The molecule has 3 unspecified atom stereocenters. The molecule has 0 aliphatic carbocycles. The van der Waals surface area contributed by atoms with Crippen LogP contribution in [0, 0.1) is 0 Å². The number of rotatable bonds is 39. The number of hydrogen-bond donors (Lipinski definition) is 4. The van der Waals surface area contributed by atoms with Gasteiger partial charge in [0.1, 0.15) is 6.61 Å². The molecule has 0 bridgehead atoms. The molecule has 0 aliphatic heterocycles. The molecule has 5 N–H and O–H groups in total. The van der Waals surface area contributed by atoms with Gasteiger partial charge in [0.2, 0.25) is 0 Å². The van der Waals surface area contributed by atoms with Crippen molar-refractivity contribution in [1.29, 1.82) is 0 Å². The first-order chi connectivity index (χ1) is 24.6. The van der Waals surface area contributed by atoms with Crippen LogP contribution in [0.5, 0.6) is 0 Å². The highest BCUT2D eigenvalue weighted by molar-refractivity contribution is 7.47. The molecule has 0 radical (unpaired) electrons. The van der Waals surface area contributed by atoms with Crippen molar-refractivity contribution in [1.82, 2.24) is 0 Å². The first-order valence-corrected chi connectivity index (χ1v) is 22.2. The third kappa shape index (κ3) is 34.4. The van der Waals surface area contributed by atoms with E-state index in [1.165, 1.54) is 96.3 Å². The van der Waals surface area contributed by atoms with E-state index < -0.39 is 44.7 Å². The summed E-state index contributed by atoms with van der Waals surface area (Å²) in [4.78, 5) is 34.8. The summed E-state index contributed by atoms with van der Waals surface area (Å²) in [5.74, 6) is -1.02. The van der Waals surface area contributed by atoms with Gasteiger partial charge in [-0.15, -0.1) is 0 Å². The molecule has 0 saturated carbocycles. The molecule has 0 rings (SSSR count).